The molecule has 31 heavy (non-hydrogen) atoms. The summed E-state index contributed by atoms with van der Waals surface area (Å²) in [5.74, 6) is -1.30. The Labute approximate surface area is 178 Å². The normalized spacial score (nSPS) is 15.5. The zero-order valence-corrected chi connectivity index (χ0v) is 17.9. The Bertz CT molecular complexity index is 1020. The second-order valence-electron chi connectivity index (χ2n) is 8.94. The number of urea groups is 1. The summed E-state index contributed by atoms with van der Waals surface area (Å²) in [7, 11) is 0. The standard InChI is InChI=1S/C21H26F3N5O2/c1-12-7-13(5-6-14(12)24)17-16(18(25)30)15-8-28(19(31)26-20(2,3)4)11-21(9-22,10-23)29(15)27-17/h5-7H,8-11H2,1-4H3,(H2,25,30)(H,26,31). The van der Waals surface area contributed by atoms with Gasteiger partial charge in [0.05, 0.1) is 24.3 Å². The SMILES string of the molecule is Cc1cc(-c2nn3c(c2C(N)=O)CN(C(=O)NC(C)(C)C)CC3(CF)CF)ccc1F. The highest BCUT2D eigenvalue weighted by Crippen LogP contribution is 2.35. The lowest BCUT2D eigenvalue weighted by molar-refractivity contribution is 0.0618. The third kappa shape index (κ3) is 4.11. The van der Waals surface area contributed by atoms with Crippen LogP contribution in [0.5, 0.6) is 0 Å². The summed E-state index contributed by atoms with van der Waals surface area (Å²) < 4.78 is 43.3. The van der Waals surface area contributed by atoms with Gasteiger partial charge in [-0.1, -0.05) is 0 Å². The monoisotopic (exact) mass is 437 g/mol. The van der Waals surface area contributed by atoms with Crippen molar-refractivity contribution in [2.75, 3.05) is 19.9 Å². The van der Waals surface area contributed by atoms with Crippen LogP contribution in [0.3, 0.4) is 0 Å². The molecule has 0 saturated heterocycles. The quantitative estimate of drug-likeness (QED) is 0.770. The predicted octanol–water partition coefficient (Wildman–Crippen LogP) is 3.05. The molecule has 1 aromatic carbocycles. The van der Waals surface area contributed by atoms with Gasteiger partial charge in [-0.25, -0.2) is 18.0 Å². The molecule has 3 amide bonds. The number of benzene rings is 1. The van der Waals surface area contributed by atoms with E-state index in [2.05, 4.69) is 10.4 Å². The third-order valence-electron chi connectivity index (χ3n) is 5.20. The van der Waals surface area contributed by atoms with Crippen LogP contribution < -0.4 is 11.1 Å². The largest absolute Gasteiger partial charge is 0.365 e. The van der Waals surface area contributed by atoms with Crippen molar-refractivity contribution in [2.45, 2.75) is 45.3 Å². The number of amides is 3. The molecule has 7 nitrogen and oxygen atoms in total. The zero-order valence-electron chi connectivity index (χ0n) is 17.9. The second-order valence-corrected chi connectivity index (χ2v) is 8.94. The molecular formula is C21H26F3N5O2. The average Bonchev–Trinajstić information content (AvgIpc) is 3.08. The van der Waals surface area contributed by atoms with E-state index >= 15 is 0 Å². The highest BCUT2D eigenvalue weighted by Gasteiger charge is 2.45. The van der Waals surface area contributed by atoms with Crippen LogP contribution >= 0.6 is 0 Å². The van der Waals surface area contributed by atoms with E-state index in [0.717, 1.165) is 4.68 Å². The molecule has 2 aromatic rings. The van der Waals surface area contributed by atoms with Crippen LogP contribution in [0, 0.1) is 12.7 Å². The van der Waals surface area contributed by atoms with E-state index in [1.54, 1.807) is 27.7 Å². The fourth-order valence-corrected chi connectivity index (χ4v) is 3.68. The maximum absolute atomic E-state index is 14.2. The summed E-state index contributed by atoms with van der Waals surface area (Å²) >= 11 is 0. The van der Waals surface area contributed by atoms with Crippen molar-refractivity contribution < 1.29 is 22.8 Å². The molecule has 1 aliphatic heterocycles. The van der Waals surface area contributed by atoms with Crippen molar-refractivity contribution >= 4 is 11.9 Å². The van der Waals surface area contributed by atoms with Crippen molar-refractivity contribution in [1.29, 1.82) is 0 Å². The van der Waals surface area contributed by atoms with Gasteiger partial charge in [0.1, 0.15) is 30.4 Å². The van der Waals surface area contributed by atoms with Crippen molar-refractivity contribution in [3.8, 4) is 11.3 Å². The number of halogens is 3. The number of aryl methyl sites for hydroxylation is 1. The highest BCUT2D eigenvalue weighted by molar-refractivity contribution is 6.00. The molecule has 2 heterocycles. The number of nitrogens with one attached hydrogen (secondary N) is 1. The molecule has 0 radical (unpaired) electrons. The molecule has 0 aliphatic carbocycles. The molecular weight excluding hydrogens is 411 g/mol. The molecule has 1 aromatic heterocycles. The minimum atomic E-state index is -1.81. The molecule has 0 saturated carbocycles. The van der Waals surface area contributed by atoms with Gasteiger partial charge < -0.3 is 16.0 Å². The number of carbonyl (C=O) groups excluding carboxylic acids is 2. The van der Waals surface area contributed by atoms with Crippen molar-refractivity contribution in [3.05, 3.63) is 40.8 Å². The lowest BCUT2D eigenvalue weighted by Gasteiger charge is -2.41. The Morgan fingerprint density at radius 2 is 1.90 bits per heavy atom. The highest BCUT2D eigenvalue weighted by atomic mass is 19.1. The lowest BCUT2D eigenvalue weighted by Crippen LogP contribution is -2.59. The topological polar surface area (TPSA) is 93.2 Å². The number of nitrogens with two attached hydrogens (primary N) is 1. The fraction of sp³-hybridized carbons (Fsp3) is 0.476. The van der Waals surface area contributed by atoms with Crippen LogP contribution in [0.4, 0.5) is 18.0 Å². The second kappa shape index (κ2) is 7.90. The van der Waals surface area contributed by atoms with Gasteiger partial charge in [-0.15, -0.1) is 0 Å². The van der Waals surface area contributed by atoms with Gasteiger partial charge in [0, 0.05) is 11.1 Å². The molecule has 3 rings (SSSR count). The van der Waals surface area contributed by atoms with E-state index < -0.39 is 42.2 Å². The summed E-state index contributed by atoms with van der Waals surface area (Å²) in [6, 6.07) is 3.59. The van der Waals surface area contributed by atoms with E-state index in [0.29, 0.717) is 11.1 Å². The number of carbonyl (C=O) groups is 2. The summed E-state index contributed by atoms with van der Waals surface area (Å²) in [5.41, 5.74) is 4.10. The van der Waals surface area contributed by atoms with Gasteiger partial charge in [0.25, 0.3) is 5.91 Å². The van der Waals surface area contributed by atoms with E-state index in [4.69, 9.17) is 5.73 Å². The van der Waals surface area contributed by atoms with Crippen LogP contribution in [0.15, 0.2) is 18.2 Å². The number of rotatable bonds is 4. The van der Waals surface area contributed by atoms with Crippen LogP contribution in [0.25, 0.3) is 11.3 Å². The lowest BCUT2D eigenvalue weighted by atomic mass is 9.97. The first-order chi connectivity index (χ1) is 14.4. The Kier molecular flexibility index (Phi) is 5.77. The number of hydrogen-bond acceptors (Lipinski definition) is 3. The molecule has 0 bridgehead atoms. The number of primary amides is 1. The van der Waals surface area contributed by atoms with Crippen molar-refractivity contribution in [1.82, 2.24) is 20.0 Å². The minimum Gasteiger partial charge on any atom is -0.365 e. The van der Waals surface area contributed by atoms with Gasteiger partial charge >= 0.3 is 6.03 Å². The first-order valence-electron chi connectivity index (χ1n) is 9.80. The number of hydrogen-bond donors (Lipinski definition) is 2. The molecule has 10 heteroatoms. The summed E-state index contributed by atoms with van der Waals surface area (Å²) in [5, 5.41) is 7.09. The van der Waals surface area contributed by atoms with Crippen LogP contribution in [0.2, 0.25) is 0 Å². The predicted molar refractivity (Wildman–Crippen MR) is 109 cm³/mol. The van der Waals surface area contributed by atoms with Gasteiger partial charge in [-0.05, 0) is 51.5 Å². The fourth-order valence-electron chi connectivity index (χ4n) is 3.68. The Hall–Kier alpha value is -3.04. The minimum absolute atomic E-state index is 0.0504. The number of fused-ring (bicyclic) bond motifs is 1. The van der Waals surface area contributed by atoms with E-state index in [1.807, 2.05) is 0 Å². The summed E-state index contributed by atoms with van der Waals surface area (Å²) in [6.07, 6.45) is 0. The maximum atomic E-state index is 14.2. The Morgan fingerprint density at radius 3 is 2.42 bits per heavy atom. The smallest absolute Gasteiger partial charge is 0.318 e. The number of nitrogens with zero attached hydrogens (tertiary/aromatic N) is 3. The molecule has 0 spiro atoms. The Morgan fingerprint density at radius 1 is 1.26 bits per heavy atom. The first kappa shape index (κ1) is 22.6. The first-order valence-corrected chi connectivity index (χ1v) is 9.80. The van der Waals surface area contributed by atoms with Crippen LogP contribution in [-0.4, -0.2) is 52.1 Å². The van der Waals surface area contributed by atoms with E-state index in [9.17, 15) is 22.8 Å². The molecule has 1 aliphatic rings. The summed E-state index contributed by atoms with van der Waals surface area (Å²) in [6.45, 7) is 4.17. The van der Waals surface area contributed by atoms with Crippen LogP contribution in [-0.2, 0) is 12.1 Å². The average molecular weight is 437 g/mol. The van der Waals surface area contributed by atoms with E-state index in [1.165, 1.54) is 23.1 Å². The molecule has 0 fully saturated rings. The molecule has 0 unspecified atom stereocenters. The summed E-state index contributed by atoms with van der Waals surface area (Å²) in [4.78, 5) is 26.4. The van der Waals surface area contributed by atoms with Crippen LogP contribution in [0.1, 0.15) is 42.4 Å². The van der Waals surface area contributed by atoms with Gasteiger partial charge in [0.2, 0.25) is 0 Å². The van der Waals surface area contributed by atoms with Gasteiger partial charge in [-0.2, -0.15) is 5.10 Å². The third-order valence-corrected chi connectivity index (χ3v) is 5.20. The zero-order chi connectivity index (χ0) is 23.1. The molecule has 3 N–H and O–H groups in total. The molecule has 0 atom stereocenters. The molecule has 168 valence electrons. The van der Waals surface area contributed by atoms with E-state index in [-0.39, 0.29) is 30.0 Å². The van der Waals surface area contributed by atoms with Crippen molar-refractivity contribution in [3.63, 3.8) is 0 Å². The van der Waals surface area contributed by atoms with Gasteiger partial charge in [0.15, 0.2) is 0 Å². The number of aromatic nitrogens is 2. The number of alkyl halides is 2. The maximum Gasteiger partial charge on any atom is 0.318 e. The van der Waals surface area contributed by atoms with Gasteiger partial charge in [-0.3, -0.25) is 9.48 Å². The Balaban J connectivity index is 2.19. The van der Waals surface area contributed by atoms with Crippen molar-refractivity contribution in [2.24, 2.45) is 5.73 Å².